The largest absolute Gasteiger partial charge is 0.497 e. The molecule has 3 rings (SSSR count). The van der Waals surface area contributed by atoms with Gasteiger partial charge < -0.3 is 9.84 Å². The van der Waals surface area contributed by atoms with Gasteiger partial charge in [0.2, 0.25) is 0 Å². The lowest BCUT2D eigenvalue weighted by Crippen LogP contribution is -2.30. The van der Waals surface area contributed by atoms with Gasteiger partial charge in [-0.25, -0.2) is 0 Å². The van der Waals surface area contributed by atoms with Crippen molar-refractivity contribution in [1.29, 1.82) is 0 Å². The topological polar surface area (TPSA) is 29.5 Å². The Bertz CT molecular complexity index is 587. The first-order chi connectivity index (χ1) is 10.1. The average Bonchev–Trinajstić information content (AvgIpc) is 3.30. The molecule has 1 fully saturated rings. The summed E-state index contributed by atoms with van der Waals surface area (Å²) >= 11 is 0. The van der Waals surface area contributed by atoms with Crippen molar-refractivity contribution in [2.75, 3.05) is 7.11 Å². The highest BCUT2D eigenvalue weighted by atomic mass is 16.5. The van der Waals surface area contributed by atoms with Crippen molar-refractivity contribution in [3.63, 3.8) is 0 Å². The molecule has 110 valence electrons. The van der Waals surface area contributed by atoms with E-state index in [-0.39, 0.29) is 0 Å². The Morgan fingerprint density at radius 2 is 1.76 bits per heavy atom. The lowest BCUT2D eigenvalue weighted by atomic mass is 9.89. The fraction of sp³-hybridized carbons (Fsp3) is 0.368. The molecule has 2 heteroatoms. The van der Waals surface area contributed by atoms with E-state index in [1.54, 1.807) is 7.11 Å². The Kier molecular flexibility index (Phi) is 3.73. The van der Waals surface area contributed by atoms with Crippen LogP contribution in [0.1, 0.15) is 30.4 Å². The van der Waals surface area contributed by atoms with Crippen molar-refractivity contribution in [2.24, 2.45) is 5.92 Å². The molecule has 1 aliphatic carbocycles. The van der Waals surface area contributed by atoms with Crippen molar-refractivity contribution >= 4 is 0 Å². The van der Waals surface area contributed by atoms with Gasteiger partial charge in [0.15, 0.2) is 0 Å². The third-order valence-electron chi connectivity index (χ3n) is 4.54. The lowest BCUT2D eigenvalue weighted by molar-refractivity contribution is 0.0351. The summed E-state index contributed by atoms with van der Waals surface area (Å²) in [5.41, 5.74) is 1.84. The highest BCUT2D eigenvalue weighted by Crippen LogP contribution is 2.54. The van der Waals surface area contributed by atoms with Crippen LogP contribution in [0, 0.1) is 5.92 Å². The van der Waals surface area contributed by atoms with E-state index in [1.165, 1.54) is 5.56 Å². The van der Waals surface area contributed by atoms with Gasteiger partial charge in [-0.2, -0.15) is 0 Å². The molecule has 2 nitrogen and oxygen atoms in total. The summed E-state index contributed by atoms with van der Waals surface area (Å²) in [6.45, 7) is 1.96. The van der Waals surface area contributed by atoms with Crippen molar-refractivity contribution in [3.05, 3.63) is 65.7 Å². The van der Waals surface area contributed by atoms with Crippen LogP contribution in [0.4, 0.5) is 0 Å². The van der Waals surface area contributed by atoms with Crippen LogP contribution in [0.25, 0.3) is 0 Å². The molecule has 0 saturated heterocycles. The second-order valence-electron chi connectivity index (χ2n) is 6.24. The van der Waals surface area contributed by atoms with Crippen molar-refractivity contribution in [2.45, 2.75) is 31.3 Å². The second-order valence-corrected chi connectivity index (χ2v) is 6.24. The Balaban J connectivity index is 1.67. The summed E-state index contributed by atoms with van der Waals surface area (Å²) in [6, 6.07) is 18.5. The Morgan fingerprint density at radius 1 is 1.10 bits per heavy atom. The van der Waals surface area contributed by atoms with Gasteiger partial charge in [-0.3, -0.25) is 0 Å². The van der Waals surface area contributed by atoms with Crippen molar-refractivity contribution < 1.29 is 9.84 Å². The molecule has 0 heterocycles. The van der Waals surface area contributed by atoms with E-state index in [1.807, 2.05) is 37.3 Å². The number of ether oxygens (including phenoxy) is 1. The van der Waals surface area contributed by atoms with Gasteiger partial charge in [0, 0.05) is 6.42 Å². The van der Waals surface area contributed by atoms with E-state index in [4.69, 9.17) is 4.74 Å². The summed E-state index contributed by atoms with van der Waals surface area (Å²) in [5.74, 6) is 1.70. The highest BCUT2D eigenvalue weighted by molar-refractivity contribution is 5.31. The zero-order chi connectivity index (χ0) is 14.9. The van der Waals surface area contributed by atoms with Crippen LogP contribution in [0.2, 0.25) is 0 Å². The van der Waals surface area contributed by atoms with E-state index >= 15 is 0 Å². The Hall–Kier alpha value is -1.80. The zero-order valence-corrected chi connectivity index (χ0v) is 12.6. The quantitative estimate of drug-likeness (QED) is 0.904. The van der Waals surface area contributed by atoms with Gasteiger partial charge in [-0.1, -0.05) is 42.5 Å². The van der Waals surface area contributed by atoms with Crippen molar-refractivity contribution in [1.82, 2.24) is 0 Å². The number of methoxy groups -OCH3 is 1. The van der Waals surface area contributed by atoms with Gasteiger partial charge >= 0.3 is 0 Å². The molecule has 0 aromatic heterocycles. The molecule has 0 spiro atoms. The van der Waals surface area contributed by atoms with Crippen LogP contribution < -0.4 is 4.74 Å². The maximum absolute atomic E-state index is 10.8. The van der Waals surface area contributed by atoms with Gasteiger partial charge in [-0.05, 0) is 48.4 Å². The molecule has 3 unspecified atom stereocenters. The van der Waals surface area contributed by atoms with Crippen LogP contribution in [0.3, 0.4) is 0 Å². The first-order valence-electron chi connectivity index (χ1n) is 7.50. The van der Waals surface area contributed by atoms with Crippen LogP contribution >= 0.6 is 0 Å². The molecule has 3 atom stereocenters. The number of hydrogen-bond acceptors (Lipinski definition) is 2. The normalized spacial score (nSPS) is 23.4. The van der Waals surface area contributed by atoms with E-state index in [9.17, 15) is 5.11 Å². The third-order valence-corrected chi connectivity index (χ3v) is 4.54. The smallest absolute Gasteiger partial charge is 0.118 e. The molecular formula is C19H22O2. The molecule has 0 amide bonds. The molecule has 0 radical (unpaired) electrons. The van der Waals surface area contributed by atoms with Gasteiger partial charge in [0.05, 0.1) is 12.7 Å². The Morgan fingerprint density at radius 3 is 2.38 bits per heavy atom. The summed E-state index contributed by atoms with van der Waals surface area (Å²) in [5, 5.41) is 10.8. The minimum atomic E-state index is -0.658. The Labute approximate surface area is 126 Å². The molecule has 0 bridgehead atoms. The molecule has 2 aromatic carbocycles. The maximum Gasteiger partial charge on any atom is 0.118 e. The minimum absolute atomic E-state index is 0.349. The fourth-order valence-corrected chi connectivity index (χ4v) is 3.24. The third kappa shape index (κ3) is 3.11. The zero-order valence-electron chi connectivity index (χ0n) is 12.6. The number of aliphatic hydroxyl groups is 1. The van der Waals surface area contributed by atoms with Crippen LogP contribution in [0.15, 0.2) is 54.6 Å². The maximum atomic E-state index is 10.8. The monoisotopic (exact) mass is 282 g/mol. The van der Waals surface area contributed by atoms with Gasteiger partial charge in [0.1, 0.15) is 5.75 Å². The predicted molar refractivity (Wildman–Crippen MR) is 84.6 cm³/mol. The van der Waals surface area contributed by atoms with Crippen LogP contribution in [-0.4, -0.2) is 17.8 Å². The van der Waals surface area contributed by atoms with Gasteiger partial charge in [0.25, 0.3) is 0 Å². The summed E-state index contributed by atoms with van der Waals surface area (Å²) in [7, 11) is 1.67. The fourth-order valence-electron chi connectivity index (χ4n) is 3.24. The van der Waals surface area contributed by atoms with E-state index in [0.717, 1.165) is 17.7 Å². The molecule has 2 aromatic rings. The van der Waals surface area contributed by atoms with Gasteiger partial charge in [-0.15, -0.1) is 0 Å². The number of hydrogen-bond donors (Lipinski definition) is 1. The van der Waals surface area contributed by atoms with Crippen molar-refractivity contribution in [3.8, 4) is 5.75 Å². The highest BCUT2D eigenvalue weighted by Gasteiger charge is 2.49. The first-order valence-corrected chi connectivity index (χ1v) is 7.50. The second kappa shape index (κ2) is 5.53. The van der Waals surface area contributed by atoms with Crippen LogP contribution in [-0.2, 0) is 6.42 Å². The average molecular weight is 282 g/mol. The standard InChI is InChI=1S/C19H22O2/c1-19(20,13-14-8-10-16(21-2)11-9-14)18-12-17(18)15-6-4-3-5-7-15/h3-11,17-18,20H,12-13H2,1-2H3. The number of rotatable bonds is 5. The summed E-state index contributed by atoms with van der Waals surface area (Å²) in [6.07, 6.45) is 1.76. The van der Waals surface area contributed by atoms with E-state index in [2.05, 4.69) is 24.3 Å². The molecule has 1 N–H and O–H groups in total. The lowest BCUT2D eigenvalue weighted by Gasteiger charge is -2.24. The number of benzene rings is 2. The first kappa shape index (κ1) is 14.2. The van der Waals surface area contributed by atoms with E-state index in [0.29, 0.717) is 18.3 Å². The molecule has 0 aliphatic heterocycles. The molecule has 1 aliphatic rings. The summed E-state index contributed by atoms with van der Waals surface area (Å²) < 4.78 is 5.17. The van der Waals surface area contributed by atoms with Crippen LogP contribution in [0.5, 0.6) is 5.75 Å². The molecular weight excluding hydrogens is 260 g/mol. The molecule has 1 saturated carbocycles. The van der Waals surface area contributed by atoms with E-state index < -0.39 is 5.60 Å². The minimum Gasteiger partial charge on any atom is -0.497 e. The molecule has 21 heavy (non-hydrogen) atoms. The summed E-state index contributed by atoms with van der Waals surface area (Å²) in [4.78, 5) is 0. The SMILES string of the molecule is COc1ccc(CC(C)(O)C2CC2c2ccccc2)cc1. The predicted octanol–water partition coefficient (Wildman–Crippen LogP) is 3.79.